The van der Waals surface area contributed by atoms with Gasteiger partial charge in [0, 0.05) is 26.3 Å². The molecule has 0 bridgehead atoms. The molecule has 2 aliphatic heterocycles. The number of piperidine rings is 1. The lowest BCUT2D eigenvalue weighted by molar-refractivity contribution is -0.186. The third kappa shape index (κ3) is 3.35. The number of hydrogen-bond acceptors (Lipinski definition) is 4. The smallest absolute Gasteiger partial charge is 0.257 e. The molecule has 0 spiro atoms. The van der Waals surface area contributed by atoms with Crippen molar-refractivity contribution in [1.29, 1.82) is 0 Å². The van der Waals surface area contributed by atoms with E-state index in [9.17, 15) is 9.59 Å². The van der Waals surface area contributed by atoms with Crippen molar-refractivity contribution in [1.82, 2.24) is 19.6 Å². The highest BCUT2D eigenvalue weighted by atomic mass is 16.5. The third-order valence-electron chi connectivity index (χ3n) is 5.54. The molecule has 0 saturated carbocycles. The highest BCUT2D eigenvalue weighted by Gasteiger charge is 2.49. The normalized spacial score (nSPS) is 25.4. The molecule has 2 fully saturated rings. The fourth-order valence-electron chi connectivity index (χ4n) is 4.12. The summed E-state index contributed by atoms with van der Waals surface area (Å²) in [4.78, 5) is 29.1. The largest absolute Gasteiger partial charge is 0.361 e. The van der Waals surface area contributed by atoms with Crippen molar-refractivity contribution in [3.63, 3.8) is 0 Å². The van der Waals surface area contributed by atoms with Gasteiger partial charge in [-0.1, -0.05) is 30.3 Å². The molecule has 2 atom stereocenters. The van der Waals surface area contributed by atoms with Gasteiger partial charge in [-0.05, 0) is 18.9 Å². The number of rotatable bonds is 3. The van der Waals surface area contributed by atoms with Crippen molar-refractivity contribution in [2.45, 2.75) is 31.5 Å². The summed E-state index contributed by atoms with van der Waals surface area (Å²) >= 11 is 0. The van der Waals surface area contributed by atoms with Crippen molar-refractivity contribution >= 4 is 11.8 Å². The van der Waals surface area contributed by atoms with Crippen LogP contribution in [-0.2, 0) is 23.1 Å². The van der Waals surface area contributed by atoms with Gasteiger partial charge in [0.15, 0.2) is 0 Å². The fraction of sp³-hybridized carbons (Fsp3) is 0.450. The topological polar surface area (TPSA) is 67.7 Å². The Bertz CT molecular complexity index is 850. The minimum Gasteiger partial charge on any atom is -0.361 e. The summed E-state index contributed by atoms with van der Waals surface area (Å²) in [6.45, 7) is 3.68. The van der Waals surface area contributed by atoms with E-state index in [2.05, 4.69) is 5.10 Å². The van der Waals surface area contributed by atoms with E-state index in [1.54, 1.807) is 24.1 Å². The van der Waals surface area contributed by atoms with E-state index in [0.29, 0.717) is 31.6 Å². The molecule has 2 saturated heterocycles. The number of carbonyl (C=O) groups is 2. The van der Waals surface area contributed by atoms with Gasteiger partial charge in [0.25, 0.3) is 5.91 Å². The standard InChI is InChI=1S/C20H24N4O3/c1-20-14-23(19(26)16-10-21-22(2)12-16)9-8-17(20)24(18(25)13-27-20)11-15-6-4-3-5-7-15/h3-7,10,12,17H,8-9,11,13-14H2,1-2H3/t17-,20-/m1/s1. The lowest BCUT2D eigenvalue weighted by atomic mass is 9.85. The molecule has 27 heavy (non-hydrogen) atoms. The van der Waals surface area contributed by atoms with Crippen LogP contribution in [0.4, 0.5) is 0 Å². The summed E-state index contributed by atoms with van der Waals surface area (Å²) in [5, 5.41) is 4.09. The number of aromatic nitrogens is 2. The SMILES string of the molecule is Cn1cc(C(=O)N2CC[C@H]3N(Cc4ccccc4)C(=O)CO[C@]3(C)C2)cn1. The zero-order chi connectivity index (χ0) is 19.0. The van der Waals surface area contributed by atoms with Crippen LogP contribution in [0, 0.1) is 0 Å². The van der Waals surface area contributed by atoms with E-state index in [0.717, 1.165) is 5.56 Å². The molecule has 0 unspecified atom stereocenters. The van der Waals surface area contributed by atoms with Crippen molar-refractivity contribution in [2.75, 3.05) is 19.7 Å². The van der Waals surface area contributed by atoms with Crippen LogP contribution in [-0.4, -0.2) is 62.7 Å². The highest BCUT2D eigenvalue weighted by Crippen LogP contribution is 2.34. The molecule has 4 rings (SSSR count). The molecule has 7 nitrogen and oxygen atoms in total. The van der Waals surface area contributed by atoms with Gasteiger partial charge in [0.2, 0.25) is 5.91 Å². The van der Waals surface area contributed by atoms with Crippen molar-refractivity contribution in [3.8, 4) is 0 Å². The summed E-state index contributed by atoms with van der Waals surface area (Å²) in [6.07, 6.45) is 4.01. The van der Waals surface area contributed by atoms with Gasteiger partial charge in [0.05, 0.1) is 24.3 Å². The van der Waals surface area contributed by atoms with Crippen LogP contribution in [0.1, 0.15) is 29.3 Å². The minimum absolute atomic E-state index is 0.00774. The molecule has 7 heteroatoms. The number of benzene rings is 1. The molecule has 1 aromatic heterocycles. The van der Waals surface area contributed by atoms with Crippen molar-refractivity contribution in [2.24, 2.45) is 7.05 Å². The predicted molar refractivity (Wildman–Crippen MR) is 98.9 cm³/mol. The summed E-state index contributed by atoms with van der Waals surface area (Å²) in [6, 6.07) is 9.94. The number of nitrogens with zero attached hydrogens (tertiary/aromatic N) is 4. The number of fused-ring (bicyclic) bond motifs is 1. The van der Waals surface area contributed by atoms with E-state index in [1.807, 2.05) is 47.1 Å². The molecule has 2 aromatic rings. The fourth-order valence-corrected chi connectivity index (χ4v) is 4.12. The number of morpholine rings is 1. The highest BCUT2D eigenvalue weighted by molar-refractivity contribution is 5.94. The average molecular weight is 368 g/mol. The first-order chi connectivity index (χ1) is 13.0. The zero-order valence-corrected chi connectivity index (χ0v) is 15.7. The Kier molecular flexibility index (Phi) is 4.47. The lowest BCUT2D eigenvalue weighted by Gasteiger charge is -2.52. The zero-order valence-electron chi connectivity index (χ0n) is 15.7. The monoisotopic (exact) mass is 368 g/mol. The first-order valence-corrected chi connectivity index (χ1v) is 9.21. The summed E-state index contributed by atoms with van der Waals surface area (Å²) in [5.74, 6) is -0.0359. The van der Waals surface area contributed by atoms with E-state index in [-0.39, 0.29) is 24.5 Å². The van der Waals surface area contributed by atoms with Crippen LogP contribution in [0.2, 0.25) is 0 Å². The Hall–Kier alpha value is -2.67. The van der Waals surface area contributed by atoms with Gasteiger partial charge in [-0.2, -0.15) is 5.10 Å². The van der Waals surface area contributed by atoms with Crippen LogP contribution in [0.25, 0.3) is 0 Å². The Morgan fingerprint density at radius 2 is 2.11 bits per heavy atom. The number of carbonyl (C=O) groups excluding carboxylic acids is 2. The van der Waals surface area contributed by atoms with Crippen molar-refractivity contribution < 1.29 is 14.3 Å². The maximum Gasteiger partial charge on any atom is 0.257 e. The van der Waals surface area contributed by atoms with E-state index >= 15 is 0 Å². The molecule has 1 aromatic carbocycles. The third-order valence-corrected chi connectivity index (χ3v) is 5.54. The van der Waals surface area contributed by atoms with Gasteiger partial charge in [-0.15, -0.1) is 0 Å². The molecular weight excluding hydrogens is 344 g/mol. The molecule has 0 N–H and O–H groups in total. The quantitative estimate of drug-likeness (QED) is 0.822. The lowest BCUT2D eigenvalue weighted by Crippen LogP contribution is -2.67. The Morgan fingerprint density at radius 3 is 2.81 bits per heavy atom. The maximum atomic E-state index is 12.8. The molecule has 0 radical (unpaired) electrons. The van der Waals surface area contributed by atoms with Crippen LogP contribution >= 0.6 is 0 Å². The Labute approximate surface area is 158 Å². The van der Waals surface area contributed by atoms with Crippen LogP contribution in [0.5, 0.6) is 0 Å². The number of aryl methyl sites for hydroxylation is 1. The molecular formula is C20H24N4O3. The predicted octanol–water partition coefficient (Wildman–Crippen LogP) is 1.45. The molecule has 2 aliphatic rings. The average Bonchev–Trinajstić information content (AvgIpc) is 3.10. The maximum absolute atomic E-state index is 12.8. The van der Waals surface area contributed by atoms with E-state index < -0.39 is 5.60 Å². The molecule has 0 aliphatic carbocycles. The first kappa shape index (κ1) is 17.7. The first-order valence-electron chi connectivity index (χ1n) is 9.21. The summed E-state index contributed by atoms with van der Waals surface area (Å²) in [7, 11) is 1.79. The Balaban J connectivity index is 1.52. The van der Waals surface area contributed by atoms with Gasteiger partial charge in [-0.25, -0.2) is 0 Å². The van der Waals surface area contributed by atoms with Gasteiger partial charge < -0.3 is 14.5 Å². The molecule has 3 heterocycles. The number of ether oxygens (including phenoxy) is 1. The van der Waals surface area contributed by atoms with Crippen LogP contribution < -0.4 is 0 Å². The molecule has 2 amide bonds. The number of likely N-dealkylation sites (tertiary alicyclic amines) is 1. The van der Waals surface area contributed by atoms with Gasteiger partial charge in [-0.3, -0.25) is 14.3 Å². The van der Waals surface area contributed by atoms with Crippen LogP contribution in [0.15, 0.2) is 42.7 Å². The van der Waals surface area contributed by atoms with Crippen LogP contribution in [0.3, 0.4) is 0 Å². The number of amides is 2. The summed E-state index contributed by atoms with van der Waals surface area (Å²) in [5.41, 5.74) is 1.11. The minimum atomic E-state index is -0.571. The molecule has 142 valence electrons. The van der Waals surface area contributed by atoms with Gasteiger partial charge in [0.1, 0.15) is 12.2 Å². The number of hydrogen-bond donors (Lipinski definition) is 0. The second-order valence-electron chi connectivity index (χ2n) is 7.54. The van der Waals surface area contributed by atoms with Crippen molar-refractivity contribution in [3.05, 3.63) is 53.9 Å². The second kappa shape index (κ2) is 6.81. The van der Waals surface area contributed by atoms with Gasteiger partial charge >= 0.3 is 0 Å². The van der Waals surface area contributed by atoms with E-state index in [1.165, 1.54) is 0 Å². The Morgan fingerprint density at radius 1 is 1.33 bits per heavy atom. The summed E-state index contributed by atoms with van der Waals surface area (Å²) < 4.78 is 7.59. The second-order valence-corrected chi connectivity index (χ2v) is 7.54. The van der Waals surface area contributed by atoms with E-state index in [4.69, 9.17) is 4.74 Å².